The highest BCUT2D eigenvalue weighted by atomic mass is 127. The van der Waals surface area contributed by atoms with Gasteiger partial charge in [-0.3, -0.25) is 9.67 Å². The molecule has 1 unspecified atom stereocenters. The van der Waals surface area contributed by atoms with Crippen LogP contribution in [0.25, 0.3) is 0 Å². The first-order valence-electron chi connectivity index (χ1n) is 9.91. The second kappa shape index (κ2) is 11.9. The number of nitrogens with one attached hydrogen (secondary N) is 1. The maximum atomic E-state index is 6.10. The van der Waals surface area contributed by atoms with Gasteiger partial charge in [0.25, 0.3) is 0 Å². The van der Waals surface area contributed by atoms with Gasteiger partial charge < -0.3 is 19.7 Å². The number of piperidine rings is 1. The first-order chi connectivity index (χ1) is 12.7. The second-order valence-electron chi connectivity index (χ2n) is 7.25. The minimum atomic E-state index is 0. The van der Waals surface area contributed by atoms with E-state index in [9.17, 15) is 0 Å². The van der Waals surface area contributed by atoms with E-state index in [0.717, 1.165) is 64.5 Å². The Morgan fingerprint density at radius 3 is 2.78 bits per heavy atom. The number of aliphatic imine (C=N–C) groups is 1. The van der Waals surface area contributed by atoms with Crippen LogP contribution >= 0.6 is 24.0 Å². The van der Waals surface area contributed by atoms with Crippen LogP contribution in [0.2, 0.25) is 0 Å². The fourth-order valence-corrected chi connectivity index (χ4v) is 3.67. The van der Waals surface area contributed by atoms with Gasteiger partial charge in [-0.2, -0.15) is 5.10 Å². The average Bonchev–Trinajstić information content (AvgIpc) is 3.10. The molecule has 2 aliphatic heterocycles. The molecule has 3 heterocycles. The summed E-state index contributed by atoms with van der Waals surface area (Å²) in [7, 11) is 3.80. The summed E-state index contributed by atoms with van der Waals surface area (Å²) in [6, 6.07) is 0. The van der Waals surface area contributed by atoms with Gasteiger partial charge in [-0.1, -0.05) is 0 Å². The number of hydrogen-bond donors (Lipinski definition) is 1. The van der Waals surface area contributed by atoms with Gasteiger partial charge in [0, 0.05) is 46.5 Å². The summed E-state index contributed by atoms with van der Waals surface area (Å²) in [4.78, 5) is 6.78. The van der Waals surface area contributed by atoms with Crippen LogP contribution in [0.5, 0.6) is 0 Å². The largest absolute Gasteiger partial charge is 0.376 e. The van der Waals surface area contributed by atoms with Crippen molar-refractivity contribution in [3.63, 3.8) is 0 Å². The average molecular weight is 491 g/mol. The standard InChI is InChI=1S/C19H33N5O2.HI/c1-20-19(21-9-6-16-13-22-23(2)14-16)24-10-7-17(8-11-24)26-15-18-5-3-4-12-25-18;/h13-14,17-18H,3-12,15H2,1-2H3,(H,20,21);1H. The van der Waals surface area contributed by atoms with Crippen LogP contribution in [-0.4, -0.2) is 72.7 Å². The van der Waals surface area contributed by atoms with Gasteiger partial charge in [0.1, 0.15) is 0 Å². The molecule has 2 saturated heterocycles. The van der Waals surface area contributed by atoms with Gasteiger partial charge in [-0.25, -0.2) is 0 Å². The summed E-state index contributed by atoms with van der Waals surface area (Å²) >= 11 is 0. The summed E-state index contributed by atoms with van der Waals surface area (Å²) in [5.74, 6) is 0.989. The topological polar surface area (TPSA) is 63.9 Å². The molecule has 1 atom stereocenters. The lowest BCUT2D eigenvalue weighted by molar-refractivity contribution is -0.0721. The molecule has 0 radical (unpaired) electrons. The number of aromatic nitrogens is 2. The predicted molar refractivity (Wildman–Crippen MR) is 118 cm³/mol. The monoisotopic (exact) mass is 491 g/mol. The molecule has 0 aliphatic carbocycles. The second-order valence-corrected chi connectivity index (χ2v) is 7.25. The Kier molecular flexibility index (Phi) is 9.84. The van der Waals surface area contributed by atoms with Gasteiger partial charge in [0.2, 0.25) is 0 Å². The van der Waals surface area contributed by atoms with E-state index in [2.05, 4.69) is 26.5 Å². The Labute approximate surface area is 179 Å². The molecule has 1 aromatic heterocycles. The molecule has 1 N–H and O–H groups in total. The van der Waals surface area contributed by atoms with Gasteiger partial charge in [-0.15, -0.1) is 24.0 Å². The molecular formula is C19H34IN5O2. The number of aryl methyl sites for hydroxylation is 1. The third-order valence-corrected chi connectivity index (χ3v) is 5.20. The predicted octanol–water partition coefficient (Wildman–Crippen LogP) is 2.21. The lowest BCUT2D eigenvalue weighted by Crippen LogP contribution is -2.47. The van der Waals surface area contributed by atoms with E-state index in [1.54, 1.807) is 0 Å². The van der Waals surface area contributed by atoms with Crippen molar-refractivity contribution in [3.8, 4) is 0 Å². The maximum absolute atomic E-state index is 6.10. The van der Waals surface area contributed by atoms with Gasteiger partial charge in [0.05, 0.1) is 25.0 Å². The zero-order chi connectivity index (χ0) is 18.2. The van der Waals surface area contributed by atoms with Crippen LogP contribution < -0.4 is 5.32 Å². The highest BCUT2D eigenvalue weighted by Gasteiger charge is 2.23. The fourth-order valence-electron chi connectivity index (χ4n) is 3.67. The Balaban J connectivity index is 0.00000261. The van der Waals surface area contributed by atoms with Crippen molar-refractivity contribution < 1.29 is 9.47 Å². The van der Waals surface area contributed by atoms with E-state index in [1.165, 1.54) is 18.4 Å². The molecule has 0 aromatic carbocycles. The Bertz CT molecular complexity index is 566. The Morgan fingerprint density at radius 1 is 1.33 bits per heavy atom. The van der Waals surface area contributed by atoms with Gasteiger partial charge in [0.15, 0.2) is 5.96 Å². The van der Waals surface area contributed by atoms with Crippen LogP contribution in [0.1, 0.15) is 37.7 Å². The van der Waals surface area contributed by atoms with Crippen LogP contribution in [0.3, 0.4) is 0 Å². The van der Waals surface area contributed by atoms with Crippen molar-refractivity contribution in [2.75, 3.05) is 39.9 Å². The van der Waals surface area contributed by atoms with E-state index < -0.39 is 0 Å². The molecule has 27 heavy (non-hydrogen) atoms. The van der Waals surface area contributed by atoms with Gasteiger partial charge in [-0.05, 0) is 44.1 Å². The SMILES string of the molecule is CN=C(NCCc1cnn(C)c1)N1CCC(OCC2CCCCO2)CC1.I. The molecule has 0 saturated carbocycles. The minimum absolute atomic E-state index is 0. The minimum Gasteiger partial charge on any atom is -0.376 e. The normalized spacial score (nSPS) is 21.8. The molecule has 2 fully saturated rings. The molecule has 3 rings (SSSR count). The van der Waals surface area contributed by atoms with E-state index in [0.29, 0.717) is 12.2 Å². The van der Waals surface area contributed by atoms with Crippen LogP contribution in [0.4, 0.5) is 0 Å². The van der Waals surface area contributed by atoms with E-state index in [-0.39, 0.29) is 24.0 Å². The smallest absolute Gasteiger partial charge is 0.193 e. The van der Waals surface area contributed by atoms with Crippen LogP contribution in [0.15, 0.2) is 17.4 Å². The zero-order valence-electron chi connectivity index (χ0n) is 16.6. The van der Waals surface area contributed by atoms with E-state index in [4.69, 9.17) is 9.47 Å². The summed E-state index contributed by atoms with van der Waals surface area (Å²) < 4.78 is 13.7. The number of hydrogen-bond acceptors (Lipinski definition) is 4. The molecule has 2 aliphatic rings. The molecule has 0 bridgehead atoms. The molecule has 0 amide bonds. The van der Waals surface area contributed by atoms with Crippen LogP contribution in [-0.2, 0) is 22.9 Å². The summed E-state index contributed by atoms with van der Waals surface area (Å²) in [5.41, 5.74) is 1.24. The maximum Gasteiger partial charge on any atom is 0.193 e. The lowest BCUT2D eigenvalue weighted by Gasteiger charge is -2.35. The third kappa shape index (κ3) is 7.23. The summed E-state index contributed by atoms with van der Waals surface area (Å²) in [5, 5.41) is 7.68. The van der Waals surface area contributed by atoms with Crippen molar-refractivity contribution in [3.05, 3.63) is 18.0 Å². The number of rotatable bonds is 6. The first kappa shape index (κ1) is 22.4. The molecule has 1 aromatic rings. The number of likely N-dealkylation sites (tertiary alicyclic amines) is 1. The Hall–Kier alpha value is -0.870. The summed E-state index contributed by atoms with van der Waals surface area (Å²) in [6.45, 7) is 4.50. The molecule has 8 heteroatoms. The van der Waals surface area contributed by atoms with Crippen molar-refractivity contribution in [1.82, 2.24) is 20.0 Å². The van der Waals surface area contributed by atoms with Crippen molar-refractivity contribution >= 4 is 29.9 Å². The van der Waals surface area contributed by atoms with Crippen molar-refractivity contribution in [1.29, 1.82) is 0 Å². The van der Waals surface area contributed by atoms with Gasteiger partial charge >= 0.3 is 0 Å². The van der Waals surface area contributed by atoms with E-state index in [1.807, 2.05) is 25.0 Å². The van der Waals surface area contributed by atoms with E-state index >= 15 is 0 Å². The zero-order valence-corrected chi connectivity index (χ0v) is 18.9. The third-order valence-electron chi connectivity index (χ3n) is 5.20. The number of halogens is 1. The molecular weight excluding hydrogens is 457 g/mol. The van der Waals surface area contributed by atoms with Crippen molar-refractivity contribution in [2.24, 2.45) is 12.0 Å². The highest BCUT2D eigenvalue weighted by Crippen LogP contribution is 2.17. The number of ether oxygens (including phenoxy) is 2. The van der Waals surface area contributed by atoms with Crippen LogP contribution in [0, 0.1) is 0 Å². The number of guanidine groups is 1. The first-order valence-corrected chi connectivity index (χ1v) is 9.91. The molecule has 154 valence electrons. The molecule has 0 spiro atoms. The summed E-state index contributed by atoms with van der Waals surface area (Å²) in [6.07, 6.45) is 11.3. The number of nitrogens with zero attached hydrogens (tertiary/aromatic N) is 4. The van der Waals surface area contributed by atoms with Crippen molar-refractivity contribution in [2.45, 2.75) is 50.7 Å². The fraction of sp³-hybridized carbons (Fsp3) is 0.789. The quantitative estimate of drug-likeness (QED) is 0.376. The Morgan fingerprint density at radius 2 is 2.15 bits per heavy atom. The lowest BCUT2D eigenvalue weighted by atomic mass is 10.1. The molecule has 7 nitrogen and oxygen atoms in total. The highest BCUT2D eigenvalue weighted by molar-refractivity contribution is 14.0.